The summed E-state index contributed by atoms with van der Waals surface area (Å²) < 4.78 is 0. The zero-order valence-electron chi connectivity index (χ0n) is 14.0. The van der Waals surface area contributed by atoms with Crippen molar-refractivity contribution in [2.24, 2.45) is 5.73 Å². The van der Waals surface area contributed by atoms with Crippen molar-refractivity contribution in [3.05, 3.63) is 47.5 Å². The predicted molar refractivity (Wildman–Crippen MR) is 92.6 cm³/mol. The number of carbonyl (C=O) groups is 2. The van der Waals surface area contributed by atoms with E-state index in [1.54, 1.807) is 6.08 Å². The first-order chi connectivity index (χ1) is 11.4. The lowest BCUT2D eigenvalue weighted by Crippen LogP contribution is -2.60. The summed E-state index contributed by atoms with van der Waals surface area (Å²) in [7, 11) is 0. The first-order valence-corrected chi connectivity index (χ1v) is 8.13. The minimum Gasteiger partial charge on any atom is -0.478 e. The maximum atomic E-state index is 11.4. The molecule has 0 fully saturated rings. The summed E-state index contributed by atoms with van der Waals surface area (Å²) in [4.78, 5) is 22.7. The van der Waals surface area contributed by atoms with E-state index in [9.17, 15) is 14.7 Å². The molecule has 0 bridgehead atoms. The molecule has 0 spiro atoms. The van der Waals surface area contributed by atoms with Gasteiger partial charge in [-0.1, -0.05) is 43.3 Å². The number of nitrogens with two attached hydrogens (primary N) is 1. The van der Waals surface area contributed by atoms with E-state index in [4.69, 9.17) is 5.73 Å². The van der Waals surface area contributed by atoms with E-state index >= 15 is 0 Å². The molecule has 0 aliphatic heterocycles. The highest BCUT2D eigenvalue weighted by atomic mass is 16.4. The van der Waals surface area contributed by atoms with Crippen LogP contribution in [0.15, 0.2) is 42.0 Å². The average Bonchev–Trinajstić information content (AvgIpc) is 2.55. The molecule has 0 radical (unpaired) electrons. The summed E-state index contributed by atoms with van der Waals surface area (Å²) in [6.45, 7) is 4.19. The number of aliphatic carboxylic acids is 1. The fourth-order valence-corrected chi connectivity index (χ4v) is 3.02. The van der Waals surface area contributed by atoms with Crippen LogP contribution >= 0.6 is 0 Å². The molecule has 1 aromatic carbocycles. The number of benzene rings is 1. The Morgan fingerprint density at radius 3 is 2.58 bits per heavy atom. The lowest BCUT2D eigenvalue weighted by molar-refractivity contribution is -0.133. The Labute approximate surface area is 142 Å². The van der Waals surface area contributed by atoms with E-state index in [2.05, 4.69) is 29.7 Å². The quantitative estimate of drug-likeness (QED) is 0.622. The van der Waals surface area contributed by atoms with E-state index in [0.717, 1.165) is 0 Å². The van der Waals surface area contributed by atoms with Crippen LogP contribution < -0.4 is 16.4 Å². The lowest BCUT2D eigenvalue weighted by atomic mass is 9.86. The Kier molecular flexibility index (Phi) is 6.11. The molecule has 1 aliphatic carbocycles. The topological polar surface area (TPSA) is 104 Å². The molecule has 6 heteroatoms. The second-order valence-corrected chi connectivity index (χ2v) is 6.34. The second kappa shape index (κ2) is 8.08. The van der Waals surface area contributed by atoms with Gasteiger partial charge in [-0.2, -0.15) is 0 Å². The Morgan fingerprint density at radius 2 is 2.00 bits per heavy atom. The van der Waals surface area contributed by atoms with Crippen LogP contribution in [0.2, 0.25) is 0 Å². The summed E-state index contributed by atoms with van der Waals surface area (Å²) >= 11 is 0. The highest BCUT2D eigenvalue weighted by Crippen LogP contribution is 2.20. The van der Waals surface area contributed by atoms with Crippen LogP contribution in [-0.2, 0) is 9.59 Å². The number of hydrogen-bond acceptors (Lipinski definition) is 4. The fraction of sp³-hybridized carbons (Fsp3) is 0.444. The van der Waals surface area contributed by atoms with Crippen LogP contribution in [-0.4, -0.2) is 41.7 Å². The van der Waals surface area contributed by atoms with Gasteiger partial charge in [0.05, 0.1) is 6.04 Å². The highest BCUT2D eigenvalue weighted by Gasteiger charge is 2.33. The van der Waals surface area contributed by atoms with Gasteiger partial charge in [0.25, 0.3) is 0 Å². The number of amides is 1. The molecule has 1 unspecified atom stereocenters. The van der Waals surface area contributed by atoms with Gasteiger partial charge in [-0.25, -0.2) is 4.79 Å². The van der Waals surface area contributed by atoms with Crippen LogP contribution in [0, 0.1) is 0 Å². The monoisotopic (exact) mass is 331 g/mol. The van der Waals surface area contributed by atoms with Crippen LogP contribution in [0.25, 0.3) is 0 Å². The van der Waals surface area contributed by atoms with Crippen LogP contribution in [0.3, 0.4) is 0 Å². The van der Waals surface area contributed by atoms with Crippen molar-refractivity contribution in [1.82, 2.24) is 10.6 Å². The average molecular weight is 331 g/mol. The third-order valence-corrected chi connectivity index (χ3v) is 4.36. The SMILES string of the molecule is CC(=O)N[C@@H]1[C@@H](N)CC(C(=O)O)=C[C@H]1NCC(C)c1ccccc1. The number of carboxylic acids is 1. The molecule has 0 heterocycles. The maximum Gasteiger partial charge on any atom is 0.331 e. The van der Waals surface area contributed by atoms with Gasteiger partial charge in [0.15, 0.2) is 0 Å². The minimum absolute atomic E-state index is 0.175. The molecule has 1 aliphatic rings. The molecule has 1 aromatic rings. The molecule has 0 aromatic heterocycles. The first kappa shape index (κ1) is 18.2. The van der Waals surface area contributed by atoms with Crippen LogP contribution in [0.4, 0.5) is 0 Å². The first-order valence-electron chi connectivity index (χ1n) is 8.13. The molecular weight excluding hydrogens is 306 g/mol. The third kappa shape index (κ3) is 4.66. The number of hydrogen-bond donors (Lipinski definition) is 4. The number of carboxylic acid groups (broad SMARTS) is 1. The van der Waals surface area contributed by atoms with Gasteiger partial charge in [0.2, 0.25) is 5.91 Å². The van der Waals surface area contributed by atoms with Crippen molar-refractivity contribution in [1.29, 1.82) is 0 Å². The number of rotatable bonds is 6. The zero-order chi connectivity index (χ0) is 17.7. The standard InChI is InChI=1S/C18H25N3O3/c1-11(13-6-4-3-5-7-13)10-20-16-9-14(18(23)24)8-15(19)17(16)21-12(2)22/h3-7,9,11,15-17,20H,8,10,19H2,1-2H3,(H,21,22)(H,23,24)/t11?,15-,16+,17+/m0/s1. The molecule has 0 saturated heterocycles. The third-order valence-electron chi connectivity index (χ3n) is 4.36. The molecule has 0 saturated carbocycles. The summed E-state index contributed by atoms with van der Waals surface area (Å²) in [5, 5.41) is 15.5. The minimum atomic E-state index is -0.963. The number of nitrogens with one attached hydrogen (secondary N) is 2. The molecular formula is C18H25N3O3. The fourth-order valence-electron chi connectivity index (χ4n) is 3.02. The molecule has 24 heavy (non-hydrogen) atoms. The Morgan fingerprint density at radius 1 is 1.33 bits per heavy atom. The molecule has 6 nitrogen and oxygen atoms in total. The molecule has 4 atom stereocenters. The Bertz CT molecular complexity index is 615. The smallest absolute Gasteiger partial charge is 0.331 e. The van der Waals surface area contributed by atoms with Crippen molar-refractivity contribution >= 4 is 11.9 Å². The maximum absolute atomic E-state index is 11.4. The van der Waals surface area contributed by atoms with E-state index < -0.39 is 12.0 Å². The molecule has 130 valence electrons. The van der Waals surface area contributed by atoms with Gasteiger partial charge < -0.3 is 21.5 Å². The van der Waals surface area contributed by atoms with Gasteiger partial charge in [-0.15, -0.1) is 0 Å². The van der Waals surface area contributed by atoms with Gasteiger partial charge in [-0.05, 0) is 17.9 Å². The largest absolute Gasteiger partial charge is 0.478 e. The van der Waals surface area contributed by atoms with Crippen molar-refractivity contribution < 1.29 is 14.7 Å². The molecule has 2 rings (SSSR count). The Hall–Kier alpha value is -2.18. The van der Waals surface area contributed by atoms with E-state index in [1.807, 2.05) is 18.2 Å². The van der Waals surface area contributed by atoms with E-state index in [0.29, 0.717) is 6.54 Å². The van der Waals surface area contributed by atoms with E-state index in [-0.39, 0.29) is 35.9 Å². The van der Waals surface area contributed by atoms with Crippen molar-refractivity contribution in [2.75, 3.05) is 6.54 Å². The number of carbonyl (C=O) groups excluding carboxylic acids is 1. The van der Waals surface area contributed by atoms with Gasteiger partial charge in [-0.3, -0.25) is 4.79 Å². The van der Waals surface area contributed by atoms with E-state index in [1.165, 1.54) is 12.5 Å². The van der Waals surface area contributed by atoms with Crippen LogP contribution in [0.5, 0.6) is 0 Å². The van der Waals surface area contributed by atoms with Gasteiger partial charge >= 0.3 is 5.97 Å². The van der Waals surface area contributed by atoms with Crippen molar-refractivity contribution in [3.63, 3.8) is 0 Å². The van der Waals surface area contributed by atoms with Gasteiger partial charge in [0.1, 0.15) is 0 Å². The normalized spacial score (nSPS) is 24.8. The zero-order valence-corrected chi connectivity index (χ0v) is 14.0. The van der Waals surface area contributed by atoms with Crippen molar-refractivity contribution in [3.8, 4) is 0 Å². The molecule has 1 amide bonds. The highest BCUT2D eigenvalue weighted by molar-refractivity contribution is 5.87. The lowest BCUT2D eigenvalue weighted by Gasteiger charge is -2.36. The summed E-state index contributed by atoms with van der Waals surface area (Å²) in [5.41, 5.74) is 7.59. The van der Waals surface area contributed by atoms with Crippen molar-refractivity contribution in [2.45, 2.75) is 44.3 Å². The summed E-state index contributed by atoms with van der Waals surface area (Å²) in [6, 6.07) is 9.00. The predicted octanol–water partition coefficient (Wildman–Crippen LogP) is 0.995. The Balaban J connectivity index is 2.11. The van der Waals surface area contributed by atoms with Crippen LogP contribution in [0.1, 0.15) is 31.7 Å². The second-order valence-electron chi connectivity index (χ2n) is 6.34. The summed E-state index contributed by atoms with van der Waals surface area (Å²) in [5.74, 6) is -0.885. The molecule has 5 N–H and O–H groups in total. The summed E-state index contributed by atoms with van der Waals surface area (Å²) in [6.07, 6.45) is 1.91. The van der Waals surface area contributed by atoms with Gasteiger partial charge in [0, 0.05) is 31.1 Å².